The van der Waals surface area contributed by atoms with Gasteiger partial charge in [-0.05, 0) is 57.5 Å². The highest BCUT2D eigenvalue weighted by atomic mass is 19.1. The number of carbonyl (C=O) groups is 2. The largest absolute Gasteiger partial charge is 0.377 e. The van der Waals surface area contributed by atoms with Crippen LogP contribution in [-0.4, -0.2) is 33.6 Å². The molecule has 1 aromatic heterocycles. The molecule has 0 bridgehead atoms. The molecule has 1 aromatic carbocycles. The van der Waals surface area contributed by atoms with Crippen LogP contribution in [0.25, 0.3) is 0 Å². The van der Waals surface area contributed by atoms with E-state index in [0.717, 1.165) is 0 Å². The van der Waals surface area contributed by atoms with Gasteiger partial charge in [0.05, 0.1) is 11.3 Å². The molecular weight excluding hydrogens is 375 g/mol. The second-order valence-electron chi connectivity index (χ2n) is 8.32. The van der Waals surface area contributed by atoms with Gasteiger partial charge in [-0.25, -0.2) is 4.39 Å². The number of rotatable bonds is 4. The van der Waals surface area contributed by atoms with E-state index in [2.05, 4.69) is 16.0 Å². The first-order chi connectivity index (χ1) is 13.6. The van der Waals surface area contributed by atoms with Gasteiger partial charge in [0.25, 0.3) is 11.8 Å². The Morgan fingerprint density at radius 2 is 2.00 bits per heavy atom. The highest BCUT2D eigenvalue weighted by Crippen LogP contribution is 2.26. The molecule has 1 atom stereocenters. The summed E-state index contributed by atoms with van der Waals surface area (Å²) in [5.41, 5.74) is 1.87. The van der Waals surface area contributed by atoms with Crippen LogP contribution in [0.5, 0.6) is 0 Å². The van der Waals surface area contributed by atoms with Gasteiger partial charge in [0.2, 0.25) is 0 Å². The first kappa shape index (κ1) is 21.0. The molecule has 1 aliphatic rings. The highest BCUT2D eigenvalue weighted by molar-refractivity contribution is 6.05. The van der Waals surface area contributed by atoms with Crippen molar-refractivity contribution < 1.29 is 19.1 Å². The number of aliphatic hydroxyl groups is 1. The Morgan fingerprint density at radius 1 is 1.28 bits per heavy atom. The highest BCUT2D eigenvalue weighted by Gasteiger charge is 2.30. The third kappa shape index (κ3) is 4.65. The molecule has 1 unspecified atom stereocenters. The van der Waals surface area contributed by atoms with E-state index in [-0.39, 0.29) is 11.7 Å². The van der Waals surface area contributed by atoms with Crippen LogP contribution in [0.4, 0.5) is 10.1 Å². The van der Waals surface area contributed by atoms with Gasteiger partial charge >= 0.3 is 0 Å². The topological polar surface area (TPSA) is 95.4 Å². The number of halogens is 1. The second kappa shape index (κ2) is 7.96. The monoisotopic (exact) mass is 402 g/mol. The van der Waals surface area contributed by atoms with Gasteiger partial charge in [0, 0.05) is 36.6 Å². The molecule has 7 nitrogen and oxygen atoms in total. The zero-order chi connectivity index (χ0) is 21.3. The van der Waals surface area contributed by atoms with Crippen molar-refractivity contribution >= 4 is 17.5 Å². The summed E-state index contributed by atoms with van der Waals surface area (Å²) in [5.74, 6) is -1.24. The number of carbonyl (C=O) groups excluding carboxylic acids is 2. The summed E-state index contributed by atoms with van der Waals surface area (Å²) in [6.07, 6.45) is -1.39. The van der Waals surface area contributed by atoms with Gasteiger partial charge in [-0.3, -0.25) is 9.59 Å². The van der Waals surface area contributed by atoms with Crippen molar-refractivity contribution in [3.05, 3.63) is 52.6 Å². The van der Waals surface area contributed by atoms with E-state index < -0.39 is 17.6 Å². The Morgan fingerprint density at radius 3 is 2.66 bits per heavy atom. The number of anilines is 1. The second-order valence-corrected chi connectivity index (χ2v) is 8.32. The number of amides is 2. The van der Waals surface area contributed by atoms with Crippen molar-refractivity contribution in [3.8, 4) is 0 Å². The molecule has 0 saturated heterocycles. The lowest BCUT2D eigenvalue weighted by Crippen LogP contribution is -2.43. The molecule has 2 heterocycles. The Kier molecular flexibility index (Phi) is 5.77. The maximum absolute atomic E-state index is 13.5. The van der Waals surface area contributed by atoms with Crippen LogP contribution in [0.2, 0.25) is 0 Å². The van der Waals surface area contributed by atoms with E-state index in [4.69, 9.17) is 0 Å². The lowest BCUT2D eigenvalue weighted by molar-refractivity contribution is -0.131. The number of aryl methyl sites for hydroxylation is 1. The first-order valence-corrected chi connectivity index (χ1v) is 9.57. The van der Waals surface area contributed by atoms with Crippen molar-refractivity contribution in [2.24, 2.45) is 0 Å². The van der Waals surface area contributed by atoms with Gasteiger partial charge in [-0.2, -0.15) is 0 Å². The minimum Gasteiger partial charge on any atom is -0.377 e. The van der Waals surface area contributed by atoms with Crippen molar-refractivity contribution in [1.29, 1.82) is 0 Å². The number of benzene rings is 1. The molecular formula is C21H27FN4O3. The van der Waals surface area contributed by atoms with E-state index in [1.54, 1.807) is 19.1 Å². The fourth-order valence-corrected chi connectivity index (χ4v) is 3.38. The van der Waals surface area contributed by atoms with Gasteiger partial charge in [-0.15, -0.1) is 0 Å². The van der Waals surface area contributed by atoms with Gasteiger partial charge in [0.1, 0.15) is 5.82 Å². The molecule has 0 aliphatic carbocycles. The van der Waals surface area contributed by atoms with E-state index in [1.165, 1.54) is 12.1 Å². The third-order valence-corrected chi connectivity index (χ3v) is 4.73. The predicted octanol–water partition coefficient (Wildman–Crippen LogP) is 2.24. The number of nitrogens with one attached hydrogen (secondary N) is 3. The summed E-state index contributed by atoms with van der Waals surface area (Å²) in [6.45, 7) is 8.76. The van der Waals surface area contributed by atoms with Crippen LogP contribution >= 0.6 is 0 Å². The molecule has 8 heteroatoms. The Bertz CT molecular complexity index is 946. The summed E-state index contributed by atoms with van der Waals surface area (Å²) in [4.78, 5) is 25.3. The number of fused-ring (bicyclic) bond motifs is 1. The lowest BCUT2D eigenvalue weighted by Gasteiger charge is -2.25. The molecule has 2 amide bonds. The minimum absolute atomic E-state index is 0.344. The number of aromatic nitrogens is 1. The normalized spacial score (nSPS) is 14.8. The third-order valence-electron chi connectivity index (χ3n) is 4.73. The van der Waals surface area contributed by atoms with E-state index in [0.29, 0.717) is 47.8 Å². The Balaban J connectivity index is 1.90. The van der Waals surface area contributed by atoms with Crippen molar-refractivity contribution in [2.45, 2.75) is 52.4 Å². The number of hydrogen-bond acceptors (Lipinski definition) is 4. The molecule has 0 spiro atoms. The summed E-state index contributed by atoms with van der Waals surface area (Å²) in [7, 11) is 0. The molecule has 2 aromatic rings. The summed E-state index contributed by atoms with van der Waals surface area (Å²) in [5, 5.41) is 19.4. The average molecular weight is 402 g/mol. The van der Waals surface area contributed by atoms with E-state index in [1.807, 2.05) is 25.3 Å². The maximum Gasteiger partial charge on any atom is 0.257 e. The zero-order valence-corrected chi connectivity index (χ0v) is 17.1. The predicted molar refractivity (Wildman–Crippen MR) is 108 cm³/mol. The molecule has 4 N–H and O–H groups in total. The molecule has 156 valence electrons. The average Bonchev–Trinajstić information content (AvgIpc) is 3.02. The Labute approximate surface area is 169 Å². The molecule has 0 fully saturated rings. The summed E-state index contributed by atoms with van der Waals surface area (Å²) >= 11 is 0. The standard InChI is InChI=1S/C21H27FN4O3/c1-12-9-13(5-6-15(12)22)24-19(28)14-10-16(26-8-7-23-11-17(14)26)18(27)20(29)25-21(2,3)4/h5-6,9-10,18,23,27H,7-8,11H2,1-4H3,(H,24,28)(H,25,29). The Hall–Kier alpha value is -2.71. The van der Waals surface area contributed by atoms with Crippen LogP contribution in [0, 0.1) is 12.7 Å². The fraction of sp³-hybridized carbons (Fsp3) is 0.429. The van der Waals surface area contributed by atoms with E-state index in [9.17, 15) is 19.1 Å². The SMILES string of the molecule is Cc1cc(NC(=O)c2cc(C(O)C(=O)NC(C)(C)C)n3c2CNCC3)ccc1F. The van der Waals surface area contributed by atoms with Crippen LogP contribution in [-0.2, 0) is 17.9 Å². The van der Waals surface area contributed by atoms with Gasteiger partial charge in [-0.1, -0.05) is 0 Å². The van der Waals surface area contributed by atoms with Crippen molar-refractivity contribution in [2.75, 3.05) is 11.9 Å². The van der Waals surface area contributed by atoms with Gasteiger partial charge < -0.3 is 25.6 Å². The quantitative estimate of drug-likeness (QED) is 0.631. The number of hydrogen-bond donors (Lipinski definition) is 4. The molecule has 0 radical (unpaired) electrons. The van der Waals surface area contributed by atoms with Crippen molar-refractivity contribution in [3.63, 3.8) is 0 Å². The first-order valence-electron chi connectivity index (χ1n) is 9.57. The zero-order valence-electron chi connectivity index (χ0n) is 17.1. The van der Waals surface area contributed by atoms with Crippen LogP contribution in [0.15, 0.2) is 24.3 Å². The smallest absolute Gasteiger partial charge is 0.257 e. The van der Waals surface area contributed by atoms with Crippen LogP contribution < -0.4 is 16.0 Å². The molecule has 29 heavy (non-hydrogen) atoms. The number of aliphatic hydroxyl groups excluding tert-OH is 1. The number of nitrogens with zero attached hydrogens (tertiary/aromatic N) is 1. The molecule has 3 rings (SSSR count). The molecule has 1 aliphatic heterocycles. The van der Waals surface area contributed by atoms with Crippen LogP contribution in [0.1, 0.15) is 54.2 Å². The summed E-state index contributed by atoms with van der Waals surface area (Å²) < 4.78 is 15.3. The fourth-order valence-electron chi connectivity index (χ4n) is 3.38. The van der Waals surface area contributed by atoms with Gasteiger partial charge in [0.15, 0.2) is 6.10 Å². The summed E-state index contributed by atoms with van der Waals surface area (Å²) in [6, 6.07) is 5.91. The van der Waals surface area contributed by atoms with Crippen molar-refractivity contribution in [1.82, 2.24) is 15.2 Å². The van der Waals surface area contributed by atoms with Crippen LogP contribution in [0.3, 0.4) is 0 Å². The minimum atomic E-state index is -1.39. The maximum atomic E-state index is 13.5. The molecule has 0 saturated carbocycles. The lowest BCUT2D eigenvalue weighted by atomic mass is 10.1. The van der Waals surface area contributed by atoms with E-state index >= 15 is 0 Å².